The number of carbonyl (C=O) groups is 1. The molecule has 1 aromatic heterocycles. The first-order valence-electron chi connectivity index (χ1n) is 9.27. The molecule has 0 saturated heterocycles. The molecule has 0 spiro atoms. The Morgan fingerprint density at radius 1 is 1.24 bits per heavy atom. The Kier molecular flexibility index (Phi) is 7.22. The van der Waals surface area contributed by atoms with E-state index in [-0.39, 0.29) is 23.3 Å². The van der Waals surface area contributed by atoms with Gasteiger partial charge < -0.3 is 5.32 Å². The van der Waals surface area contributed by atoms with Crippen LogP contribution in [0.1, 0.15) is 31.9 Å². The molecule has 1 N–H and O–H groups in total. The minimum absolute atomic E-state index is 0.124. The van der Waals surface area contributed by atoms with Crippen LogP contribution < -0.4 is 10.9 Å². The number of hydrogen-bond acceptors (Lipinski definition) is 4. The van der Waals surface area contributed by atoms with Crippen LogP contribution >= 0.6 is 35.0 Å². The van der Waals surface area contributed by atoms with Crippen molar-refractivity contribution in [3.8, 4) is 0 Å². The van der Waals surface area contributed by atoms with Crippen LogP contribution in [0.25, 0.3) is 10.9 Å². The topological polar surface area (TPSA) is 64.0 Å². The van der Waals surface area contributed by atoms with Crippen LogP contribution in [0, 0.1) is 0 Å². The van der Waals surface area contributed by atoms with Crippen molar-refractivity contribution in [2.24, 2.45) is 0 Å². The lowest BCUT2D eigenvalue weighted by Gasteiger charge is -2.16. The largest absolute Gasteiger partial charge is 0.349 e. The number of hydrogen-bond donors (Lipinski definition) is 1. The minimum Gasteiger partial charge on any atom is -0.349 e. The van der Waals surface area contributed by atoms with Crippen molar-refractivity contribution in [2.75, 3.05) is 5.75 Å². The standard InChI is InChI=1S/C21H21Cl2N3O2S/c1-3-10-26-20(28)16-9-8-14(22)11-18(16)25-21(26)29-12-19(27)24-13(2)15-6-4-5-7-17(15)23/h4-9,11,13H,3,10,12H2,1-2H3,(H,24,27). The summed E-state index contributed by atoms with van der Waals surface area (Å²) in [4.78, 5) is 29.9. The summed E-state index contributed by atoms with van der Waals surface area (Å²) in [6, 6.07) is 12.2. The Hall–Kier alpha value is -2.02. The van der Waals surface area contributed by atoms with Gasteiger partial charge >= 0.3 is 0 Å². The van der Waals surface area contributed by atoms with E-state index < -0.39 is 0 Å². The van der Waals surface area contributed by atoms with Crippen molar-refractivity contribution in [2.45, 2.75) is 38.0 Å². The molecule has 1 unspecified atom stereocenters. The van der Waals surface area contributed by atoms with Crippen molar-refractivity contribution in [3.63, 3.8) is 0 Å². The second kappa shape index (κ2) is 9.65. The summed E-state index contributed by atoms with van der Waals surface area (Å²) in [5, 5.41) is 5.09. The summed E-state index contributed by atoms with van der Waals surface area (Å²) in [6.45, 7) is 4.41. The van der Waals surface area contributed by atoms with Crippen molar-refractivity contribution in [1.29, 1.82) is 0 Å². The second-order valence-corrected chi connectivity index (χ2v) is 8.40. The minimum atomic E-state index is -0.224. The van der Waals surface area contributed by atoms with Gasteiger partial charge in [-0.15, -0.1) is 0 Å². The van der Waals surface area contributed by atoms with Crippen LogP contribution in [0.3, 0.4) is 0 Å². The molecule has 0 bridgehead atoms. The molecule has 29 heavy (non-hydrogen) atoms. The summed E-state index contributed by atoms with van der Waals surface area (Å²) in [7, 11) is 0. The van der Waals surface area contributed by atoms with Gasteiger partial charge in [0.1, 0.15) is 0 Å². The van der Waals surface area contributed by atoms with Crippen LogP contribution in [-0.2, 0) is 11.3 Å². The van der Waals surface area contributed by atoms with E-state index in [1.807, 2.05) is 32.0 Å². The SMILES string of the molecule is CCCn1c(SCC(=O)NC(C)c2ccccc2Cl)nc2cc(Cl)ccc2c1=O. The maximum Gasteiger partial charge on any atom is 0.262 e. The van der Waals surface area contributed by atoms with Crippen LogP contribution in [0.2, 0.25) is 10.0 Å². The molecule has 0 saturated carbocycles. The molecule has 1 heterocycles. The number of aromatic nitrogens is 2. The maximum absolute atomic E-state index is 12.8. The van der Waals surface area contributed by atoms with Crippen molar-refractivity contribution < 1.29 is 4.79 Å². The monoisotopic (exact) mass is 449 g/mol. The Balaban J connectivity index is 1.78. The highest BCUT2D eigenvalue weighted by Gasteiger charge is 2.16. The predicted octanol–water partition coefficient (Wildman–Crippen LogP) is 5.08. The van der Waals surface area contributed by atoms with Gasteiger partial charge in [-0.05, 0) is 43.2 Å². The maximum atomic E-state index is 12.8. The fourth-order valence-corrected chi connectivity index (χ4v) is 4.32. The lowest BCUT2D eigenvalue weighted by molar-refractivity contribution is -0.119. The van der Waals surface area contributed by atoms with Gasteiger partial charge in [-0.2, -0.15) is 0 Å². The van der Waals surface area contributed by atoms with E-state index in [4.69, 9.17) is 23.2 Å². The number of halogens is 2. The third-order valence-corrected chi connectivity index (χ3v) is 5.97. The van der Waals surface area contributed by atoms with Gasteiger partial charge in [-0.1, -0.05) is 60.1 Å². The van der Waals surface area contributed by atoms with E-state index in [9.17, 15) is 9.59 Å². The van der Waals surface area contributed by atoms with Crippen molar-refractivity contribution >= 4 is 51.8 Å². The van der Waals surface area contributed by atoms with E-state index in [1.54, 1.807) is 28.8 Å². The average molecular weight is 450 g/mol. The third kappa shape index (κ3) is 5.13. The summed E-state index contributed by atoms with van der Waals surface area (Å²) < 4.78 is 1.62. The summed E-state index contributed by atoms with van der Waals surface area (Å²) in [6.07, 6.45) is 0.782. The third-order valence-electron chi connectivity index (χ3n) is 4.41. The van der Waals surface area contributed by atoms with E-state index in [0.717, 1.165) is 12.0 Å². The number of carbonyl (C=O) groups excluding carboxylic acids is 1. The summed E-state index contributed by atoms with van der Waals surface area (Å²) in [5.74, 6) is -0.0253. The number of amides is 1. The molecule has 152 valence electrons. The number of nitrogens with zero attached hydrogens (tertiary/aromatic N) is 2. The van der Waals surface area contributed by atoms with Gasteiger partial charge in [0.2, 0.25) is 5.91 Å². The number of benzene rings is 2. The zero-order valence-electron chi connectivity index (χ0n) is 16.1. The molecule has 3 aromatic rings. The first-order valence-corrected chi connectivity index (χ1v) is 11.0. The van der Waals surface area contributed by atoms with Gasteiger partial charge in [0.15, 0.2) is 5.16 Å². The molecule has 1 amide bonds. The molecule has 0 aliphatic heterocycles. The average Bonchev–Trinajstić information content (AvgIpc) is 2.69. The fraction of sp³-hybridized carbons (Fsp3) is 0.286. The quantitative estimate of drug-likeness (QED) is 0.403. The predicted molar refractivity (Wildman–Crippen MR) is 120 cm³/mol. The normalized spacial score (nSPS) is 12.1. The van der Waals surface area contributed by atoms with Gasteiger partial charge in [0.25, 0.3) is 5.56 Å². The smallest absolute Gasteiger partial charge is 0.262 e. The number of fused-ring (bicyclic) bond motifs is 1. The number of rotatable bonds is 7. The highest BCUT2D eigenvalue weighted by atomic mass is 35.5. The molecule has 3 rings (SSSR count). The molecule has 5 nitrogen and oxygen atoms in total. The molecule has 2 aromatic carbocycles. The highest BCUT2D eigenvalue weighted by molar-refractivity contribution is 7.99. The Morgan fingerprint density at radius 2 is 2.00 bits per heavy atom. The molecule has 0 aliphatic carbocycles. The van der Waals surface area contributed by atoms with Gasteiger partial charge in [-0.3, -0.25) is 14.2 Å². The Labute approximate surface area is 183 Å². The van der Waals surface area contributed by atoms with Gasteiger partial charge in [-0.25, -0.2) is 4.98 Å². The molecular formula is C21H21Cl2N3O2S. The van der Waals surface area contributed by atoms with Crippen LogP contribution in [0.5, 0.6) is 0 Å². The molecule has 0 fully saturated rings. The first-order chi connectivity index (χ1) is 13.9. The Morgan fingerprint density at radius 3 is 2.72 bits per heavy atom. The fourth-order valence-electron chi connectivity index (χ4n) is 3.02. The van der Waals surface area contributed by atoms with E-state index in [0.29, 0.717) is 32.6 Å². The summed E-state index contributed by atoms with van der Waals surface area (Å²) >= 11 is 13.5. The molecule has 8 heteroatoms. The number of thioether (sulfide) groups is 1. The lowest BCUT2D eigenvalue weighted by Crippen LogP contribution is -2.29. The first kappa shape index (κ1) is 21.7. The van der Waals surface area contributed by atoms with Crippen LogP contribution in [0.4, 0.5) is 0 Å². The lowest BCUT2D eigenvalue weighted by atomic mass is 10.1. The van der Waals surface area contributed by atoms with Crippen molar-refractivity contribution in [3.05, 3.63) is 68.4 Å². The van der Waals surface area contributed by atoms with Crippen LogP contribution in [0.15, 0.2) is 52.4 Å². The zero-order valence-corrected chi connectivity index (χ0v) is 18.4. The molecule has 0 radical (unpaired) electrons. The van der Waals surface area contributed by atoms with E-state index >= 15 is 0 Å². The van der Waals surface area contributed by atoms with E-state index in [1.165, 1.54) is 11.8 Å². The molecule has 0 aliphatic rings. The Bertz CT molecular complexity index is 1100. The van der Waals surface area contributed by atoms with Crippen molar-refractivity contribution in [1.82, 2.24) is 14.9 Å². The zero-order chi connectivity index (χ0) is 21.0. The molecule has 1 atom stereocenters. The van der Waals surface area contributed by atoms with Crippen LogP contribution in [-0.4, -0.2) is 21.2 Å². The summed E-state index contributed by atoms with van der Waals surface area (Å²) in [5.41, 5.74) is 1.26. The second-order valence-electron chi connectivity index (χ2n) is 6.61. The highest BCUT2D eigenvalue weighted by Crippen LogP contribution is 2.23. The number of nitrogens with one attached hydrogen (secondary N) is 1. The van der Waals surface area contributed by atoms with E-state index in [2.05, 4.69) is 10.3 Å². The van der Waals surface area contributed by atoms with Gasteiger partial charge in [0, 0.05) is 16.6 Å². The van der Waals surface area contributed by atoms with Gasteiger partial charge in [0.05, 0.1) is 22.7 Å². The molecular weight excluding hydrogens is 429 g/mol.